The van der Waals surface area contributed by atoms with E-state index in [0.29, 0.717) is 12.1 Å². The van der Waals surface area contributed by atoms with Crippen LogP contribution in [0.2, 0.25) is 0 Å². The van der Waals surface area contributed by atoms with Crippen LogP contribution >= 0.6 is 0 Å². The van der Waals surface area contributed by atoms with Crippen LogP contribution in [0.3, 0.4) is 0 Å². The molecule has 0 radical (unpaired) electrons. The molecule has 3 rings (SSSR count). The third kappa shape index (κ3) is 5.11. The van der Waals surface area contributed by atoms with Gasteiger partial charge in [0.05, 0.1) is 5.92 Å². The Morgan fingerprint density at radius 1 is 0.862 bits per heavy atom. The van der Waals surface area contributed by atoms with E-state index < -0.39 is 12.1 Å². The number of amides is 1. The molecule has 0 spiro atoms. The Hall–Kier alpha value is -3.40. The smallest absolute Gasteiger partial charge is 0.314 e. The van der Waals surface area contributed by atoms with Gasteiger partial charge in [0.15, 0.2) is 6.10 Å². The Kier molecular flexibility index (Phi) is 6.80. The molecule has 2 atom stereocenters. The van der Waals surface area contributed by atoms with Gasteiger partial charge in [0.25, 0.3) is 5.91 Å². The lowest BCUT2D eigenvalue weighted by molar-refractivity contribution is -0.154. The monoisotopic (exact) mass is 387 g/mol. The van der Waals surface area contributed by atoms with E-state index in [2.05, 4.69) is 5.32 Å². The molecule has 1 N–H and O–H groups in total. The minimum atomic E-state index is -0.899. The van der Waals surface area contributed by atoms with Crippen LogP contribution in [-0.2, 0) is 14.3 Å². The van der Waals surface area contributed by atoms with Crippen molar-refractivity contribution in [3.8, 4) is 11.1 Å². The third-order valence-electron chi connectivity index (χ3n) is 4.83. The van der Waals surface area contributed by atoms with Crippen molar-refractivity contribution >= 4 is 17.6 Å². The van der Waals surface area contributed by atoms with Crippen molar-refractivity contribution in [2.45, 2.75) is 32.3 Å². The zero-order chi connectivity index (χ0) is 20.6. The number of carbonyl (C=O) groups excluding carboxylic acids is 2. The fourth-order valence-electron chi connectivity index (χ4n) is 3.23. The molecule has 0 aromatic heterocycles. The van der Waals surface area contributed by atoms with E-state index in [1.165, 1.54) is 0 Å². The van der Waals surface area contributed by atoms with Crippen LogP contribution < -0.4 is 5.32 Å². The van der Waals surface area contributed by atoms with Gasteiger partial charge in [-0.25, -0.2) is 0 Å². The second kappa shape index (κ2) is 9.69. The number of anilines is 1. The Balaban J connectivity index is 1.69. The molecule has 29 heavy (non-hydrogen) atoms. The summed E-state index contributed by atoms with van der Waals surface area (Å²) in [5, 5.41) is 2.89. The summed E-state index contributed by atoms with van der Waals surface area (Å²) in [5.41, 5.74) is 3.49. The van der Waals surface area contributed by atoms with Gasteiger partial charge in [0, 0.05) is 11.3 Å². The number of ether oxygens (including phenoxy) is 1. The van der Waals surface area contributed by atoms with Gasteiger partial charge in [-0.2, -0.15) is 0 Å². The van der Waals surface area contributed by atoms with Gasteiger partial charge in [0.2, 0.25) is 0 Å². The Morgan fingerprint density at radius 2 is 1.45 bits per heavy atom. The van der Waals surface area contributed by atoms with Crippen molar-refractivity contribution in [3.05, 3.63) is 90.5 Å². The molecule has 0 heterocycles. The van der Waals surface area contributed by atoms with Crippen molar-refractivity contribution in [1.29, 1.82) is 0 Å². The fraction of sp³-hybridized carbons (Fsp3) is 0.200. The molecule has 148 valence electrons. The number of hydrogen-bond acceptors (Lipinski definition) is 3. The predicted molar refractivity (Wildman–Crippen MR) is 116 cm³/mol. The zero-order valence-electron chi connectivity index (χ0n) is 16.7. The zero-order valence-corrected chi connectivity index (χ0v) is 16.7. The molecule has 0 fully saturated rings. The van der Waals surface area contributed by atoms with Crippen molar-refractivity contribution in [3.63, 3.8) is 0 Å². The number of esters is 1. The first kappa shape index (κ1) is 20.3. The van der Waals surface area contributed by atoms with Gasteiger partial charge in [-0.3, -0.25) is 9.59 Å². The second-order valence-corrected chi connectivity index (χ2v) is 6.85. The molecule has 3 aromatic carbocycles. The maximum atomic E-state index is 12.7. The minimum Gasteiger partial charge on any atom is -0.452 e. The van der Waals surface area contributed by atoms with Gasteiger partial charge < -0.3 is 10.1 Å². The van der Waals surface area contributed by atoms with E-state index in [4.69, 9.17) is 4.74 Å². The normalized spacial score (nSPS) is 12.6. The number of hydrogen-bond donors (Lipinski definition) is 1. The molecule has 0 saturated carbocycles. The average Bonchev–Trinajstić information content (AvgIpc) is 2.76. The highest BCUT2D eigenvalue weighted by atomic mass is 16.5. The van der Waals surface area contributed by atoms with E-state index >= 15 is 0 Å². The van der Waals surface area contributed by atoms with Gasteiger partial charge in [-0.1, -0.05) is 85.8 Å². The second-order valence-electron chi connectivity index (χ2n) is 6.85. The van der Waals surface area contributed by atoms with Gasteiger partial charge >= 0.3 is 5.97 Å². The Bertz CT molecular complexity index is 954. The fourth-order valence-corrected chi connectivity index (χ4v) is 3.23. The SMILES string of the molecule is CC[C@@H](C(=O)O[C@H](C)C(=O)Nc1ccccc1-c1ccccc1)c1ccccc1. The highest BCUT2D eigenvalue weighted by molar-refractivity contribution is 5.98. The largest absolute Gasteiger partial charge is 0.452 e. The lowest BCUT2D eigenvalue weighted by atomic mass is 9.97. The van der Waals surface area contributed by atoms with Crippen molar-refractivity contribution in [1.82, 2.24) is 0 Å². The molecule has 4 nitrogen and oxygen atoms in total. The first-order valence-corrected chi connectivity index (χ1v) is 9.81. The molecule has 0 aliphatic heterocycles. The minimum absolute atomic E-state index is 0.357. The summed E-state index contributed by atoms with van der Waals surface area (Å²) in [6, 6.07) is 26.9. The molecule has 3 aromatic rings. The van der Waals surface area contributed by atoms with E-state index in [1.54, 1.807) is 6.92 Å². The standard InChI is InChI=1S/C25H25NO3/c1-3-21(19-12-6-4-7-13-19)25(28)29-18(2)24(27)26-23-17-11-10-16-22(23)20-14-8-5-9-15-20/h4-18,21H,3H2,1-2H3,(H,26,27)/t18-,21-/m1/s1. The highest BCUT2D eigenvalue weighted by Gasteiger charge is 2.25. The summed E-state index contributed by atoms with van der Waals surface area (Å²) in [7, 11) is 0. The number of para-hydroxylation sites is 1. The van der Waals surface area contributed by atoms with E-state index in [1.807, 2.05) is 91.9 Å². The number of carbonyl (C=O) groups is 2. The van der Waals surface area contributed by atoms with Gasteiger partial charge in [0.1, 0.15) is 0 Å². The van der Waals surface area contributed by atoms with Crippen LogP contribution in [0.15, 0.2) is 84.9 Å². The summed E-state index contributed by atoms with van der Waals surface area (Å²) < 4.78 is 5.49. The maximum absolute atomic E-state index is 12.7. The number of benzene rings is 3. The first-order valence-electron chi connectivity index (χ1n) is 9.81. The molecule has 0 aliphatic carbocycles. The molecule has 0 saturated heterocycles. The van der Waals surface area contributed by atoms with Crippen LogP contribution in [0.5, 0.6) is 0 Å². The van der Waals surface area contributed by atoms with Crippen molar-refractivity contribution < 1.29 is 14.3 Å². The van der Waals surface area contributed by atoms with Crippen molar-refractivity contribution in [2.24, 2.45) is 0 Å². The van der Waals surface area contributed by atoms with Crippen LogP contribution in [0.4, 0.5) is 5.69 Å². The summed E-state index contributed by atoms with van der Waals surface area (Å²) in [6.45, 7) is 3.52. The van der Waals surface area contributed by atoms with Crippen LogP contribution in [0.25, 0.3) is 11.1 Å². The molecule has 0 aliphatic rings. The van der Waals surface area contributed by atoms with Gasteiger partial charge in [-0.15, -0.1) is 0 Å². The Labute approximate surface area is 171 Å². The van der Waals surface area contributed by atoms with E-state index in [-0.39, 0.29) is 11.8 Å². The van der Waals surface area contributed by atoms with Crippen LogP contribution in [-0.4, -0.2) is 18.0 Å². The van der Waals surface area contributed by atoms with E-state index in [0.717, 1.165) is 16.7 Å². The molecule has 1 amide bonds. The van der Waals surface area contributed by atoms with Crippen LogP contribution in [0.1, 0.15) is 31.7 Å². The summed E-state index contributed by atoms with van der Waals surface area (Å²) in [6.07, 6.45) is -0.294. The number of rotatable bonds is 7. The van der Waals surface area contributed by atoms with Crippen molar-refractivity contribution in [2.75, 3.05) is 5.32 Å². The summed E-state index contributed by atoms with van der Waals surface area (Å²) in [5.74, 6) is -1.13. The van der Waals surface area contributed by atoms with Gasteiger partial charge in [-0.05, 0) is 30.5 Å². The predicted octanol–water partition coefficient (Wildman–Crippen LogP) is 5.42. The maximum Gasteiger partial charge on any atom is 0.314 e. The quantitative estimate of drug-likeness (QED) is 0.551. The lowest BCUT2D eigenvalue weighted by Gasteiger charge is -2.19. The Morgan fingerprint density at radius 3 is 2.10 bits per heavy atom. The molecule has 4 heteroatoms. The third-order valence-corrected chi connectivity index (χ3v) is 4.83. The summed E-state index contributed by atoms with van der Waals surface area (Å²) >= 11 is 0. The van der Waals surface area contributed by atoms with Crippen LogP contribution in [0, 0.1) is 0 Å². The summed E-state index contributed by atoms with van der Waals surface area (Å²) in [4.78, 5) is 25.3. The highest BCUT2D eigenvalue weighted by Crippen LogP contribution is 2.28. The molecule has 0 bridgehead atoms. The number of nitrogens with one attached hydrogen (secondary N) is 1. The molecular formula is C25H25NO3. The molecular weight excluding hydrogens is 362 g/mol. The lowest BCUT2D eigenvalue weighted by Crippen LogP contribution is -2.32. The van der Waals surface area contributed by atoms with E-state index in [9.17, 15) is 9.59 Å². The average molecular weight is 387 g/mol. The topological polar surface area (TPSA) is 55.4 Å². The first-order chi connectivity index (χ1) is 14.1. The molecule has 0 unspecified atom stereocenters.